The van der Waals surface area contributed by atoms with Crippen LogP contribution in [0.3, 0.4) is 0 Å². The zero-order valence-electron chi connectivity index (χ0n) is 22.8. The molecule has 3 aromatic carbocycles. The van der Waals surface area contributed by atoms with Crippen LogP contribution in [-0.2, 0) is 32.2 Å². The molecule has 1 aliphatic rings. The number of ether oxygens (including phenoxy) is 2. The summed E-state index contributed by atoms with van der Waals surface area (Å²) in [6, 6.07) is 23.7. The fraction of sp³-hybridized carbons (Fsp3) is 0.290. The number of aromatic nitrogens is 3. The lowest BCUT2D eigenvalue weighted by atomic mass is 9.99. The van der Waals surface area contributed by atoms with E-state index in [1.165, 1.54) is 6.33 Å². The maximum absolute atomic E-state index is 11.9. The topological polar surface area (TPSA) is 147 Å². The third-order valence-electron chi connectivity index (χ3n) is 6.91. The summed E-state index contributed by atoms with van der Waals surface area (Å²) in [5, 5.41) is 28.5. The molecule has 4 N–H and O–H groups in total. The highest BCUT2D eigenvalue weighted by atomic mass is 32.2. The van der Waals surface area contributed by atoms with Gasteiger partial charge in [-0.25, -0.2) is 4.98 Å². The number of hydrogen-bond donors (Lipinski definition) is 4. The lowest BCUT2D eigenvalue weighted by molar-refractivity contribution is -0.245. The van der Waals surface area contributed by atoms with E-state index >= 15 is 0 Å². The van der Waals surface area contributed by atoms with Crippen molar-refractivity contribution in [3.8, 4) is 11.1 Å². The molecule has 0 spiro atoms. The molecule has 1 saturated heterocycles. The highest BCUT2D eigenvalue weighted by Crippen LogP contribution is 2.39. The van der Waals surface area contributed by atoms with Crippen molar-refractivity contribution in [3.63, 3.8) is 0 Å². The van der Waals surface area contributed by atoms with Crippen LogP contribution in [0, 0.1) is 0 Å². The number of hydrogen-bond acceptors (Lipinski definition) is 8. The number of carbonyl (C=O) groups excluding carboxylic acids is 1. The van der Waals surface area contributed by atoms with Crippen LogP contribution < -0.4 is 5.32 Å². The monoisotopic (exact) mass is 588 g/mol. The number of aliphatic carboxylic acids is 1. The number of carbonyl (C=O) groups is 2. The summed E-state index contributed by atoms with van der Waals surface area (Å²) >= 11 is 1.55. The molecule has 10 nitrogen and oxygen atoms in total. The molecule has 218 valence electrons. The third kappa shape index (κ3) is 8.04. The van der Waals surface area contributed by atoms with Gasteiger partial charge >= 0.3 is 5.97 Å². The summed E-state index contributed by atoms with van der Waals surface area (Å²) in [5.74, 6) is -0.606. The second-order valence-corrected chi connectivity index (χ2v) is 11.0. The number of rotatable bonds is 12. The first-order chi connectivity index (χ1) is 20.5. The first-order valence-electron chi connectivity index (χ1n) is 13.6. The molecular formula is C31H32N4O6S. The van der Waals surface area contributed by atoms with Crippen LogP contribution in [-0.4, -0.2) is 49.1 Å². The largest absolute Gasteiger partial charge is 0.481 e. The molecule has 2 heterocycles. The van der Waals surface area contributed by atoms with Crippen LogP contribution in [0.1, 0.15) is 53.9 Å². The lowest BCUT2D eigenvalue weighted by Gasteiger charge is -2.36. The number of aliphatic hydroxyl groups excluding tert-OH is 1. The van der Waals surface area contributed by atoms with Crippen LogP contribution in [0.2, 0.25) is 0 Å². The van der Waals surface area contributed by atoms with E-state index in [2.05, 4.69) is 20.5 Å². The van der Waals surface area contributed by atoms with E-state index in [9.17, 15) is 14.7 Å². The van der Waals surface area contributed by atoms with Gasteiger partial charge in [-0.2, -0.15) is 5.10 Å². The van der Waals surface area contributed by atoms with Crippen LogP contribution in [0.15, 0.2) is 84.3 Å². The molecule has 0 unspecified atom stereocenters. The van der Waals surface area contributed by atoms with Crippen molar-refractivity contribution in [1.29, 1.82) is 0 Å². The molecule has 0 bridgehead atoms. The predicted octanol–water partition coefficient (Wildman–Crippen LogP) is 4.78. The predicted molar refractivity (Wildman–Crippen MR) is 156 cm³/mol. The Morgan fingerprint density at radius 3 is 2.45 bits per heavy atom. The Balaban J connectivity index is 1.27. The van der Waals surface area contributed by atoms with Crippen molar-refractivity contribution in [2.45, 2.75) is 56.1 Å². The van der Waals surface area contributed by atoms with Crippen molar-refractivity contribution in [1.82, 2.24) is 20.5 Å². The van der Waals surface area contributed by atoms with Gasteiger partial charge in [-0.05, 0) is 33.9 Å². The number of nitrogens with one attached hydrogen (secondary N) is 2. The van der Waals surface area contributed by atoms with Gasteiger partial charge in [0.15, 0.2) is 11.4 Å². The van der Waals surface area contributed by atoms with Crippen LogP contribution in [0.4, 0.5) is 0 Å². The first-order valence-corrected chi connectivity index (χ1v) is 14.6. The van der Waals surface area contributed by atoms with Crippen molar-refractivity contribution in [2.24, 2.45) is 0 Å². The molecule has 4 aromatic rings. The fourth-order valence-corrected chi connectivity index (χ4v) is 5.46. The first kappa shape index (κ1) is 29.5. The second-order valence-electron chi connectivity index (χ2n) is 9.94. The molecule has 1 amide bonds. The number of carboxylic acid groups (broad SMARTS) is 1. The van der Waals surface area contributed by atoms with Gasteiger partial charge in [-0.3, -0.25) is 14.7 Å². The van der Waals surface area contributed by atoms with E-state index in [-0.39, 0.29) is 37.6 Å². The molecule has 3 atom stereocenters. The number of nitrogens with zero attached hydrogens (tertiary/aromatic N) is 2. The zero-order chi connectivity index (χ0) is 29.3. The van der Waals surface area contributed by atoms with Gasteiger partial charge in [0.1, 0.15) is 6.33 Å². The maximum Gasteiger partial charge on any atom is 0.303 e. The van der Waals surface area contributed by atoms with Crippen LogP contribution in [0.5, 0.6) is 0 Å². The SMILES string of the molecule is O=C(O)CCC(=O)NCc1cccc(-c2ccc([C@H]3O[C@@H](CSc4ncn[nH]4)C[C@@H](c4ccc(CO)cc4)O3)cc2)c1. The van der Waals surface area contributed by atoms with Crippen molar-refractivity contribution in [2.75, 3.05) is 5.75 Å². The molecule has 11 heteroatoms. The van der Waals surface area contributed by atoms with Crippen molar-refractivity contribution >= 4 is 23.6 Å². The van der Waals surface area contributed by atoms with Gasteiger partial charge in [0, 0.05) is 30.7 Å². The van der Waals surface area contributed by atoms with Gasteiger partial charge in [0.2, 0.25) is 5.91 Å². The average molecular weight is 589 g/mol. The van der Waals surface area contributed by atoms with E-state index in [0.29, 0.717) is 18.7 Å². The van der Waals surface area contributed by atoms with Crippen LogP contribution >= 0.6 is 11.8 Å². The molecule has 0 aliphatic carbocycles. The second kappa shape index (κ2) is 14.2. The van der Waals surface area contributed by atoms with Gasteiger partial charge < -0.3 is 25.0 Å². The minimum atomic E-state index is -0.993. The summed E-state index contributed by atoms with van der Waals surface area (Å²) in [4.78, 5) is 26.8. The molecule has 0 radical (unpaired) electrons. The lowest BCUT2D eigenvalue weighted by Crippen LogP contribution is -2.31. The molecule has 42 heavy (non-hydrogen) atoms. The van der Waals surface area contributed by atoms with Crippen molar-refractivity contribution in [3.05, 3.63) is 101 Å². The number of H-pyrrole nitrogens is 1. The van der Waals surface area contributed by atoms with E-state index in [4.69, 9.17) is 14.6 Å². The Hall–Kier alpha value is -4.03. The number of aromatic amines is 1. The minimum absolute atomic E-state index is 0.00925. The molecule has 1 aliphatic heterocycles. The summed E-state index contributed by atoms with van der Waals surface area (Å²) in [7, 11) is 0. The Bertz CT molecular complexity index is 1460. The minimum Gasteiger partial charge on any atom is -0.481 e. The Labute approximate surface area is 247 Å². The van der Waals surface area contributed by atoms with Gasteiger partial charge in [-0.1, -0.05) is 78.5 Å². The van der Waals surface area contributed by atoms with E-state index < -0.39 is 12.3 Å². The molecule has 1 aromatic heterocycles. The Morgan fingerprint density at radius 1 is 0.952 bits per heavy atom. The number of thioether (sulfide) groups is 1. The fourth-order valence-electron chi connectivity index (χ4n) is 4.66. The van der Waals surface area contributed by atoms with Gasteiger partial charge in [0.25, 0.3) is 0 Å². The van der Waals surface area contributed by atoms with E-state index in [0.717, 1.165) is 38.5 Å². The van der Waals surface area contributed by atoms with Crippen molar-refractivity contribution < 1.29 is 29.3 Å². The highest BCUT2D eigenvalue weighted by molar-refractivity contribution is 7.99. The molecule has 5 rings (SSSR count). The zero-order valence-corrected chi connectivity index (χ0v) is 23.6. The maximum atomic E-state index is 11.9. The number of benzene rings is 3. The van der Waals surface area contributed by atoms with Gasteiger partial charge in [-0.15, -0.1) is 0 Å². The quantitative estimate of drug-likeness (QED) is 0.172. The molecular weight excluding hydrogens is 556 g/mol. The van der Waals surface area contributed by atoms with E-state index in [1.54, 1.807) is 11.8 Å². The van der Waals surface area contributed by atoms with Gasteiger partial charge in [0.05, 0.1) is 25.2 Å². The Kier molecular flexibility index (Phi) is 9.98. The summed E-state index contributed by atoms with van der Waals surface area (Å²) < 4.78 is 12.8. The summed E-state index contributed by atoms with van der Waals surface area (Å²) in [6.07, 6.45) is 1.08. The highest BCUT2D eigenvalue weighted by Gasteiger charge is 2.32. The molecule has 0 saturated carbocycles. The number of aliphatic hydroxyl groups is 1. The normalized spacial score (nSPS) is 18.5. The van der Waals surface area contributed by atoms with E-state index in [1.807, 2.05) is 72.8 Å². The number of amides is 1. The third-order valence-corrected chi connectivity index (χ3v) is 7.92. The number of carboxylic acids is 1. The smallest absolute Gasteiger partial charge is 0.303 e. The van der Waals surface area contributed by atoms with Crippen LogP contribution in [0.25, 0.3) is 11.1 Å². The molecule has 1 fully saturated rings. The average Bonchev–Trinajstić information content (AvgIpc) is 3.56. The Morgan fingerprint density at radius 2 is 1.74 bits per heavy atom. The standard InChI is InChI=1S/C31H32N4O6S/c36-17-20-4-6-23(7-5-20)27-15-26(18-42-31-33-19-34-35-31)40-30(41-27)24-10-8-22(9-11-24)25-3-1-2-21(14-25)16-32-28(37)12-13-29(38)39/h1-11,14,19,26-27,30,36H,12-13,15-18H2,(H,32,37)(H,38,39)(H,33,34,35)/t26-,27+,30+/m1/s1. The summed E-state index contributed by atoms with van der Waals surface area (Å²) in [5.41, 5.74) is 5.68. The summed E-state index contributed by atoms with van der Waals surface area (Å²) in [6.45, 7) is 0.312.